The predicted molar refractivity (Wildman–Crippen MR) is 158 cm³/mol. The van der Waals surface area contributed by atoms with Crippen LogP contribution in [-0.2, 0) is 4.79 Å². The van der Waals surface area contributed by atoms with Crippen LogP contribution >= 0.6 is 11.6 Å². The Kier molecular flexibility index (Phi) is 8.17. The van der Waals surface area contributed by atoms with Gasteiger partial charge in [-0.05, 0) is 54.3 Å². The number of ether oxygens (including phenoxy) is 1. The Hall–Kier alpha value is -4.56. The van der Waals surface area contributed by atoms with Gasteiger partial charge in [-0.3, -0.25) is 9.59 Å². The number of nitrogens with zero attached hydrogens (tertiary/aromatic N) is 3. The smallest absolute Gasteiger partial charge is 0.271 e. The second kappa shape index (κ2) is 12.1. The van der Waals surface area contributed by atoms with E-state index in [2.05, 4.69) is 34.5 Å². The lowest BCUT2D eigenvalue weighted by Gasteiger charge is -2.36. The van der Waals surface area contributed by atoms with E-state index in [1.807, 2.05) is 47.4 Å². The van der Waals surface area contributed by atoms with Crippen molar-refractivity contribution in [1.29, 1.82) is 0 Å². The molecule has 1 saturated heterocycles. The number of aromatic hydroxyl groups is 1. The Bertz CT molecular complexity index is 1580. The van der Waals surface area contributed by atoms with Crippen LogP contribution < -0.4 is 15.1 Å². The molecule has 0 saturated carbocycles. The highest BCUT2D eigenvalue weighted by Crippen LogP contribution is 2.28. The van der Waals surface area contributed by atoms with E-state index in [1.54, 1.807) is 12.3 Å². The summed E-state index contributed by atoms with van der Waals surface area (Å²) in [5, 5.41) is 15.4. The molecule has 204 valence electrons. The molecule has 0 atom stereocenters. The van der Waals surface area contributed by atoms with Crippen molar-refractivity contribution in [2.45, 2.75) is 6.92 Å². The highest BCUT2D eigenvalue weighted by atomic mass is 35.5. The molecule has 0 bridgehead atoms. The van der Waals surface area contributed by atoms with Gasteiger partial charge < -0.3 is 19.6 Å². The Morgan fingerprint density at radius 1 is 0.975 bits per heavy atom. The molecule has 0 spiro atoms. The molecule has 0 radical (unpaired) electrons. The van der Waals surface area contributed by atoms with Crippen LogP contribution in [0.2, 0.25) is 5.02 Å². The molecule has 40 heavy (non-hydrogen) atoms. The lowest BCUT2D eigenvalue weighted by molar-refractivity contribution is -0.133. The highest BCUT2D eigenvalue weighted by Gasteiger charge is 2.22. The zero-order chi connectivity index (χ0) is 28.1. The zero-order valence-electron chi connectivity index (χ0n) is 22.0. The van der Waals surface area contributed by atoms with E-state index in [0.717, 1.165) is 29.4 Å². The number of carbonyl (C=O) groups is 2. The van der Waals surface area contributed by atoms with Crippen LogP contribution in [-0.4, -0.2) is 60.8 Å². The molecule has 4 aromatic rings. The number of piperazine rings is 1. The van der Waals surface area contributed by atoms with Crippen molar-refractivity contribution < 1.29 is 19.4 Å². The van der Waals surface area contributed by atoms with Crippen molar-refractivity contribution >= 4 is 46.1 Å². The number of para-hydroxylation sites is 1. The fraction of sp³-hybridized carbons (Fsp3) is 0.194. The van der Waals surface area contributed by atoms with E-state index in [0.29, 0.717) is 18.8 Å². The van der Waals surface area contributed by atoms with E-state index in [9.17, 15) is 14.7 Å². The number of amides is 2. The molecular weight excluding hydrogens is 528 g/mol. The van der Waals surface area contributed by atoms with Crippen LogP contribution in [0.15, 0.2) is 84.0 Å². The first-order valence-corrected chi connectivity index (χ1v) is 13.3. The number of hydrazone groups is 1. The van der Waals surface area contributed by atoms with Crippen molar-refractivity contribution in [1.82, 2.24) is 10.3 Å². The number of benzene rings is 4. The molecule has 1 heterocycles. The van der Waals surface area contributed by atoms with Crippen molar-refractivity contribution in [2.75, 3.05) is 37.7 Å². The number of aryl methyl sites for hydroxylation is 1. The van der Waals surface area contributed by atoms with Gasteiger partial charge >= 0.3 is 0 Å². The Labute approximate surface area is 237 Å². The summed E-state index contributed by atoms with van der Waals surface area (Å²) in [6, 6.07) is 23.8. The molecule has 0 aliphatic carbocycles. The van der Waals surface area contributed by atoms with Crippen molar-refractivity contribution in [2.24, 2.45) is 5.10 Å². The molecule has 8 nitrogen and oxygen atoms in total. The second-order valence-corrected chi connectivity index (χ2v) is 9.91. The van der Waals surface area contributed by atoms with Gasteiger partial charge in [-0.1, -0.05) is 54.1 Å². The van der Waals surface area contributed by atoms with Crippen LogP contribution in [0.1, 0.15) is 21.5 Å². The summed E-state index contributed by atoms with van der Waals surface area (Å²) in [7, 11) is 0. The van der Waals surface area contributed by atoms with Crippen LogP contribution in [0.3, 0.4) is 0 Å². The summed E-state index contributed by atoms with van der Waals surface area (Å²) in [6.07, 6.45) is 1.55. The third-order valence-electron chi connectivity index (χ3n) is 6.94. The lowest BCUT2D eigenvalue weighted by atomic mass is 10.0. The summed E-state index contributed by atoms with van der Waals surface area (Å²) in [5.41, 5.74) is 5.96. The summed E-state index contributed by atoms with van der Waals surface area (Å²) in [4.78, 5) is 29.5. The number of nitrogens with one attached hydrogen (secondary N) is 1. The normalized spacial score (nSPS) is 13.6. The van der Waals surface area contributed by atoms with E-state index >= 15 is 0 Å². The van der Waals surface area contributed by atoms with Crippen LogP contribution in [0.5, 0.6) is 11.5 Å². The molecule has 0 aromatic heterocycles. The number of fused-ring (bicyclic) bond motifs is 1. The molecule has 5 rings (SSSR count). The molecule has 1 aliphatic rings. The van der Waals surface area contributed by atoms with E-state index in [-0.39, 0.29) is 28.8 Å². The first-order chi connectivity index (χ1) is 19.4. The van der Waals surface area contributed by atoms with E-state index in [1.165, 1.54) is 29.4 Å². The summed E-state index contributed by atoms with van der Waals surface area (Å²) in [5.74, 6) is -0.00261. The van der Waals surface area contributed by atoms with Gasteiger partial charge in [0.1, 0.15) is 11.5 Å². The van der Waals surface area contributed by atoms with Gasteiger partial charge in [-0.2, -0.15) is 5.10 Å². The topological polar surface area (TPSA) is 94.5 Å². The Morgan fingerprint density at radius 3 is 2.45 bits per heavy atom. The second-order valence-electron chi connectivity index (χ2n) is 9.51. The number of rotatable bonds is 7. The zero-order valence-corrected chi connectivity index (χ0v) is 22.8. The molecule has 1 aliphatic heterocycles. The SMILES string of the molecule is Cc1ccccc1N1CCN(C(=O)COc2ccc(/C=N/NC(=O)c3ccc(O)c(Cl)c3)c3ccccc23)CC1. The number of phenols is 1. The molecule has 2 N–H and O–H groups in total. The molecule has 4 aromatic carbocycles. The van der Waals surface area contributed by atoms with Crippen molar-refractivity contribution in [3.63, 3.8) is 0 Å². The number of hydrogen-bond donors (Lipinski definition) is 2. The average molecular weight is 557 g/mol. The number of anilines is 1. The van der Waals surface area contributed by atoms with Gasteiger partial charge in [0.15, 0.2) is 6.61 Å². The van der Waals surface area contributed by atoms with Gasteiger partial charge in [-0.15, -0.1) is 0 Å². The minimum Gasteiger partial charge on any atom is -0.506 e. The predicted octanol–water partition coefficient (Wildman–Crippen LogP) is 5.00. The molecule has 9 heteroatoms. The van der Waals surface area contributed by atoms with Gasteiger partial charge in [0.2, 0.25) is 0 Å². The third-order valence-corrected chi connectivity index (χ3v) is 7.24. The summed E-state index contributed by atoms with van der Waals surface area (Å²) in [6.45, 7) is 4.91. The maximum atomic E-state index is 12.9. The van der Waals surface area contributed by atoms with E-state index < -0.39 is 5.91 Å². The minimum atomic E-state index is -0.458. The summed E-state index contributed by atoms with van der Waals surface area (Å²) >= 11 is 5.89. The number of halogens is 1. The first-order valence-electron chi connectivity index (χ1n) is 13.0. The quantitative estimate of drug-likeness (QED) is 0.247. The maximum Gasteiger partial charge on any atom is 0.271 e. The fourth-order valence-electron chi connectivity index (χ4n) is 4.75. The molecule has 0 unspecified atom stereocenters. The van der Waals surface area contributed by atoms with Crippen molar-refractivity contribution in [3.05, 3.63) is 101 Å². The van der Waals surface area contributed by atoms with Crippen LogP contribution in [0.25, 0.3) is 10.8 Å². The van der Waals surface area contributed by atoms with Crippen LogP contribution in [0, 0.1) is 6.92 Å². The highest BCUT2D eigenvalue weighted by molar-refractivity contribution is 6.32. The standard InChI is InChI=1S/C31H29ClN4O4/c1-21-6-2-5-9-27(21)35-14-16-36(17-15-35)30(38)20-40-29-13-11-23(24-7-3-4-8-25(24)29)19-33-34-31(39)22-10-12-28(37)26(32)18-22/h2-13,18-19,37H,14-17,20H2,1H3,(H,34,39)/b33-19+. The monoisotopic (exact) mass is 556 g/mol. The molecule has 1 fully saturated rings. The molecular formula is C31H29ClN4O4. The van der Waals surface area contributed by atoms with Gasteiger partial charge in [0, 0.05) is 48.4 Å². The summed E-state index contributed by atoms with van der Waals surface area (Å²) < 4.78 is 5.99. The van der Waals surface area contributed by atoms with E-state index in [4.69, 9.17) is 16.3 Å². The third kappa shape index (κ3) is 6.02. The number of carbonyl (C=O) groups excluding carboxylic acids is 2. The van der Waals surface area contributed by atoms with Gasteiger partial charge in [0.05, 0.1) is 11.2 Å². The Morgan fingerprint density at radius 2 is 1.70 bits per heavy atom. The van der Waals surface area contributed by atoms with Crippen molar-refractivity contribution in [3.8, 4) is 11.5 Å². The largest absolute Gasteiger partial charge is 0.506 e. The molecule has 2 amide bonds. The number of hydrogen-bond acceptors (Lipinski definition) is 6. The van der Waals surface area contributed by atoms with Gasteiger partial charge in [-0.25, -0.2) is 5.43 Å². The van der Waals surface area contributed by atoms with Crippen LogP contribution in [0.4, 0.5) is 5.69 Å². The lowest BCUT2D eigenvalue weighted by Crippen LogP contribution is -2.50. The average Bonchev–Trinajstić information content (AvgIpc) is 2.98. The van der Waals surface area contributed by atoms with Gasteiger partial charge in [0.25, 0.3) is 11.8 Å². The maximum absolute atomic E-state index is 12.9. The fourth-order valence-corrected chi connectivity index (χ4v) is 4.93. The Balaban J connectivity index is 1.20. The minimum absolute atomic E-state index is 0.0452. The first kappa shape index (κ1) is 27.0. The number of phenolic OH excluding ortho intramolecular Hbond substituents is 1.